The molecule has 129 heavy (non-hydrogen) atoms. The number of fused-ring (bicyclic) bond motifs is 10. The van der Waals surface area contributed by atoms with Gasteiger partial charge in [0.15, 0.2) is 0 Å². The largest absolute Gasteiger partial charge is 0.382 e. The number of hydrogen-bond acceptors (Lipinski definition) is 14. The topological polar surface area (TPSA) is 200 Å². The quantitative estimate of drug-likeness (QED) is 0.0891. The van der Waals surface area contributed by atoms with Crippen LogP contribution in [0.1, 0.15) is 153 Å². The fraction of sp³-hybridized carbons (Fsp3) is 0.250. The average molecular weight is 2160 g/mol. The van der Waals surface area contributed by atoms with Crippen molar-refractivity contribution in [3.8, 4) is 0 Å². The number of carbonyl (C=O) groups excluding carboxylic acids is 2. The van der Waals surface area contributed by atoms with Crippen LogP contribution in [0.2, 0.25) is 25.1 Å². The van der Waals surface area contributed by atoms with Crippen molar-refractivity contribution in [1.29, 1.82) is 0 Å². The first-order valence-electron chi connectivity index (χ1n) is 42.7. The molecule has 2 amide bonds. The number of carbonyl (C=O) groups is 2. The van der Waals surface area contributed by atoms with Gasteiger partial charge in [-0.15, -0.1) is 11.6 Å². The van der Waals surface area contributed by atoms with Crippen LogP contribution in [0.25, 0.3) is 0 Å². The van der Waals surface area contributed by atoms with Crippen LogP contribution in [-0.4, -0.2) is 127 Å². The van der Waals surface area contributed by atoms with Gasteiger partial charge in [-0.3, -0.25) is 49.2 Å². The number of aromatic nitrogens is 9. The molecule has 4 N–H and O–H groups in total. The minimum Gasteiger partial charge on any atom is -0.382 e. The van der Waals surface area contributed by atoms with Crippen LogP contribution in [0.3, 0.4) is 0 Å². The predicted molar refractivity (Wildman–Crippen MR) is 530 cm³/mol. The summed E-state index contributed by atoms with van der Waals surface area (Å²) in [7, 11) is 0. The second-order valence-electron chi connectivity index (χ2n) is 33.3. The Kier molecular flexibility index (Phi) is 28.9. The number of hydrogen-bond donors (Lipinski definition) is 4. The maximum Gasteiger partial charge on any atom is 0.243 e. The normalized spacial score (nSPS) is 19.1. The molecule has 0 spiro atoms. The minimum absolute atomic E-state index is 0.0382. The molecule has 7 aromatic carbocycles. The molecule has 5 unspecified atom stereocenters. The lowest BCUT2D eigenvalue weighted by atomic mass is 9.92. The number of nitrogens with zero attached hydrogens (tertiary/aromatic N) is 12. The van der Waals surface area contributed by atoms with Gasteiger partial charge in [0.2, 0.25) is 11.8 Å². The number of aryl methyl sites for hydroxylation is 10. The smallest absolute Gasteiger partial charge is 0.243 e. The molecule has 14 aromatic rings. The Morgan fingerprint density at radius 2 is 0.760 bits per heavy atom. The molecule has 7 aliphatic rings. The average Bonchev–Trinajstić information content (AvgIpc) is 1.69. The molecule has 21 rings (SSSR count). The van der Waals surface area contributed by atoms with Gasteiger partial charge in [-0.1, -0.05) is 113 Å². The Labute approximate surface area is 821 Å². The summed E-state index contributed by atoms with van der Waals surface area (Å²) in [4.78, 5) is 67.8. The molecule has 7 aromatic heterocycles. The van der Waals surface area contributed by atoms with Crippen LogP contribution in [-0.2, 0) is 86.9 Å². The number of amides is 2. The number of rotatable bonds is 11. The first-order valence-corrected chi connectivity index (χ1v) is 49.0. The Hall–Kier alpha value is -8.41. The zero-order chi connectivity index (χ0) is 89.1. The molecule has 29 heteroatoms. The maximum absolute atomic E-state index is 15.1. The minimum atomic E-state index is -0.664. The van der Waals surface area contributed by atoms with Crippen LogP contribution >= 0.6 is 149 Å². The van der Waals surface area contributed by atoms with Gasteiger partial charge in [-0.2, -0.15) is 0 Å². The van der Waals surface area contributed by atoms with E-state index in [-0.39, 0.29) is 41.4 Å². The van der Waals surface area contributed by atoms with Crippen LogP contribution in [0.4, 0.5) is 11.4 Å². The lowest BCUT2D eigenvalue weighted by molar-refractivity contribution is -0.125. The third kappa shape index (κ3) is 21.2. The van der Waals surface area contributed by atoms with Crippen molar-refractivity contribution in [3.05, 3.63) is 409 Å². The van der Waals surface area contributed by atoms with E-state index in [1.807, 2.05) is 137 Å². The number of piperazine rings is 2. The Bertz CT molecular complexity index is 6140. The van der Waals surface area contributed by atoms with Gasteiger partial charge >= 0.3 is 0 Å². The Morgan fingerprint density at radius 1 is 0.395 bits per heavy atom. The molecular weight excluding hydrogens is 2070 g/mol. The summed E-state index contributed by atoms with van der Waals surface area (Å²) in [6.45, 7) is 5.25. The molecule has 0 bridgehead atoms. The number of anilines is 2. The summed E-state index contributed by atoms with van der Waals surface area (Å²) in [5.74, 6) is -0.111. The van der Waals surface area contributed by atoms with E-state index in [9.17, 15) is 9.90 Å². The van der Waals surface area contributed by atoms with Crippen LogP contribution < -0.4 is 16.0 Å². The first kappa shape index (κ1) is 91.1. The zero-order valence-electron chi connectivity index (χ0n) is 69.6. The van der Waals surface area contributed by atoms with Crippen molar-refractivity contribution >= 4 is 172 Å². The molecule has 0 radical (unpaired) electrons. The van der Waals surface area contributed by atoms with Crippen LogP contribution in [0.5, 0.6) is 0 Å². The van der Waals surface area contributed by atoms with Gasteiger partial charge in [-0.05, 0) is 354 Å². The van der Waals surface area contributed by atoms with Crippen molar-refractivity contribution in [2.75, 3.05) is 49.9 Å². The lowest BCUT2D eigenvalue weighted by Gasteiger charge is -2.47. The second kappa shape index (κ2) is 41.0. The van der Waals surface area contributed by atoms with E-state index in [4.69, 9.17) is 84.6 Å². The molecule has 0 saturated carbocycles. The van der Waals surface area contributed by atoms with E-state index in [0.717, 1.165) is 187 Å². The van der Waals surface area contributed by atoms with Gasteiger partial charge in [0.25, 0.3) is 0 Å². The summed E-state index contributed by atoms with van der Waals surface area (Å²) in [5, 5.41) is 23.8. The van der Waals surface area contributed by atoms with Crippen LogP contribution in [0, 0.1) is 0 Å². The molecule has 5 aliphatic carbocycles. The van der Waals surface area contributed by atoms with Crippen molar-refractivity contribution < 1.29 is 14.7 Å². The fourth-order valence-electron chi connectivity index (χ4n) is 19.0. The van der Waals surface area contributed by atoms with E-state index in [2.05, 4.69) is 203 Å². The molecule has 9 heterocycles. The summed E-state index contributed by atoms with van der Waals surface area (Å²) >= 11 is 56.0. The number of pyridine rings is 5. The van der Waals surface area contributed by atoms with E-state index in [0.29, 0.717) is 55.9 Å². The third-order valence-electron chi connectivity index (χ3n) is 25.0. The number of imidazole rings is 2. The summed E-state index contributed by atoms with van der Waals surface area (Å²) in [6, 6.07) is 55.4. The summed E-state index contributed by atoms with van der Waals surface area (Å²) in [5.41, 5.74) is 25.9. The van der Waals surface area contributed by atoms with E-state index in [1.165, 1.54) is 55.6 Å². The molecule has 2 saturated heterocycles. The number of aliphatic hydroxyl groups is 1. The highest BCUT2D eigenvalue weighted by Gasteiger charge is 2.45. The third-order valence-corrected chi connectivity index (χ3v) is 28.8. The molecule has 656 valence electrons. The highest BCUT2D eigenvalue weighted by Crippen LogP contribution is 2.46. The molecule has 2 fully saturated rings. The predicted octanol–water partition coefficient (Wildman–Crippen LogP) is 22.7. The number of nitrogens with one attached hydrogen (secondary N) is 3. The number of benzene rings is 7. The summed E-state index contributed by atoms with van der Waals surface area (Å²) < 4.78 is 8.83. The molecular formula is C100H86Br5Cl6N15O3. The number of alkyl halides is 1. The van der Waals surface area contributed by atoms with E-state index < -0.39 is 12.1 Å². The monoisotopic (exact) mass is 2150 g/mol. The molecule has 2 aliphatic heterocycles. The van der Waals surface area contributed by atoms with Crippen LogP contribution in [0.15, 0.2) is 261 Å². The fourth-order valence-corrected chi connectivity index (χ4v) is 22.3. The van der Waals surface area contributed by atoms with Gasteiger partial charge < -0.3 is 30.2 Å². The highest BCUT2D eigenvalue weighted by atomic mass is 79.9. The number of aliphatic hydroxyl groups excluding tert-OH is 1. The van der Waals surface area contributed by atoms with Crippen molar-refractivity contribution in [2.24, 2.45) is 0 Å². The summed E-state index contributed by atoms with van der Waals surface area (Å²) in [6.07, 6.45) is 28.3. The first-order chi connectivity index (χ1) is 62.6. The Balaban J connectivity index is 0.000000129. The van der Waals surface area contributed by atoms with Crippen molar-refractivity contribution in [2.45, 2.75) is 119 Å². The van der Waals surface area contributed by atoms with Gasteiger partial charge in [0.1, 0.15) is 17.5 Å². The lowest BCUT2D eigenvalue weighted by Crippen LogP contribution is -2.59. The highest BCUT2D eigenvalue weighted by molar-refractivity contribution is 9.11. The molecule has 18 nitrogen and oxygen atoms in total. The van der Waals surface area contributed by atoms with Gasteiger partial charge in [-0.25, -0.2) is 9.97 Å². The van der Waals surface area contributed by atoms with Crippen molar-refractivity contribution in [3.63, 3.8) is 0 Å². The SMILES string of the molecule is Clc1ccc2c(c1)CCc1cc(Br)cnc1C2Cl.O=C(Nc1cccc(Cn2ccnc2)c1)[C@@H]1CN(C2c3ccc(Cl)cc3CCc3cc(Br)cnc32)CCN1.O=C(Nc1cccc(Cn2ccnc2)c1)[C@@H]1CN(C2c3ccc(Cl)cc3CCc3cc(Br)cnc32)CCN1C1c2ccc(Cl)cc2CCc2cc(Br)cnc21.OC1c2ccc(Cl)cc2CCc2cc(Br)cnc21. The maximum atomic E-state index is 15.1. The van der Waals surface area contributed by atoms with Gasteiger partial charge in [0, 0.05) is 167 Å². The van der Waals surface area contributed by atoms with Gasteiger partial charge in [0.05, 0.1) is 65.3 Å². The second-order valence-corrected chi connectivity index (χ2v) is 40.5. The van der Waals surface area contributed by atoms with E-state index >= 15 is 4.79 Å². The standard InChI is InChI=1S/C43H37Br2Cl2N7O.C29H28BrClN6O.C14H10BrCl2N.C14H11BrClNO/c44-31-17-29-6-4-27-19-33(46)8-10-36(27)41(39(29)49-21-31)53-14-15-54(38(24-53)43(55)51-35-3-1-2-26(16-35)23-52-13-12-48-25-52)42-37-11-9-34(47)20-28(37)5-7-30-18-32(45)22-50-40(30)42;30-22-13-21-5-4-20-14-23(31)6-7-25(20)28(27(21)34-15-22)37-11-9-33-26(17-37)29(38)35-24-3-1-2-19(12-24)16-36-10-8-32-18-36;15-10-5-9-2-1-8-6-11(16)3-4-12(8)13(17)14(9)18-7-10;15-10-5-9-2-1-8-6-11(16)3-4-12(8)14(18)13(9)17-7-10/h1-3,8-13,16-22,25,38,41-42H,4-7,14-15,23-24H2,(H,51,55);1-3,6-8,10,12-15,18,26,28,33H,4-5,9,11,16-17H2,(H,35,38);3-7,13H,1-2H2;3-7,14,18H,1-2H2/t38-,41?,42?;26-,28?;;/m00../s1. The zero-order valence-corrected chi connectivity index (χ0v) is 82.0. The number of halogens is 11. The molecule has 7 atom stereocenters. The van der Waals surface area contributed by atoms with E-state index in [1.54, 1.807) is 37.4 Å². The Morgan fingerprint density at radius 3 is 1.21 bits per heavy atom. The van der Waals surface area contributed by atoms with Crippen molar-refractivity contribution in [1.82, 2.24) is 64.0 Å².